The Kier molecular flexibility index (Phi) is 23.3. The minimum absolute atomic E-state index is 0.0127. The third-order valence-electron chi connectivity index (χ3n) is 27.3. The third kappa shape index (κ3) is 14.0. The van der Waals surface area contributed by atoms with E-state index in [1.807, 2.05) is 26.0 Å². The van der Waals surface area contributed by atoms with Crippen molar-refractivity contribution in [3.8, 4) is 5.75 Å². The SMILES string of the molecule is CC[C@@H]1O[C@H](O[C@H]2[C@H](O[C@@H]3[C@@H](OC(=O)C4CC(C)(C)CC5C6=CCC7[C@@]8(C)CC[C@H](O[C@@H]9O[C@H](C(=O)O)[C@H](O)[C@H](O)[C@H]9O[C@@H]9O[C@H](CO)[C@@H](O)[C@H](O)[C@H]9O)C(C)(C)C8CC[C@@]7(C)C6(C)CC(O)C45)O[C@@H](C)[C@@H](OC(=O)/C(C)=C(\C)c4ccc(OC)cc4)[C@@H]3O)O[C@H](C)[C@H](O)[C@H]2O)[C@@H](C)[C@@H](C)[C@@H]1C. The lowest BCUT2D eigenvalue weighted by Crippen LogP contribution is -2.67. The molecule has 5 heterocycles. The van der Waals surface area contributed by atoms with Gasteiger partial charge >= 0.3 is 17.9 Å². The molecule has 0 aromatic heterocycles. The minimum atomic E-state index is -2.02. The van der Waals surface area contributed by atoms with E-state index in [-0.39, 0.29) is 52.6 Å². The van der Waals surface area contributed by atoms with Crippen LogP contribution in [0.4, 0.5) is 0 Å². The fourth-order valence-corrected chi connectivity index (χ4v) is 20.6. The van der Waals surface area contributed by atoms with E-state index >= 15 is 4.79 Å². The van der Waals surface area contributed by atoms with Crippen LogP contribution >= 0.6 is 0 Å². The summed E-state index contributed by atoms with van der Waals surface area (Å²) in [6.07, 6.45) is -27.8. The van der Waals surface area contributed by atoms with Gasteiger partial charge in [-0.1, -0.05) is 99.9 Å². The lowest BCUT2D eigenvalue weighted by atomic mass is 9.34. The highest BCUT2D eigenvalue weighted by atomic mass is 16.8. The van der Waals surface area contributed by atoms with Crippen molar-refractivity contribution in [2.75, 3.05) is 13.7 Å². The van der Waals surface area contributed by atoms with E-state index in [0.29, 0.717) is 56.3 Å². The molecule has 576 valence electrons. The zero-order valence-electron chi connectivity index (χ0n) is 62.0. The number of hydrogen-bond acceptors (Lipinski definition) is 25. The first-order chi connectivity index (χ1) is 47.8. The molecule has 102 heavy (non-hydrogen) atoms. The molecule has 10 aliphatic rings. The summed E-state index contributed by atoms with van der Waals surface area (Å²) < 4.78 is 75.3. The number of benzene rings is 1. The Morgan fingerprint density at radius 1 is 0.578 bits per heavy atom. The van der Waals surface area contributed by atoms with E-state index in [2.05, 4.69) is 68.4 Å². The van der Waals surface area contributed by atoms with Crippen LogP contribution in [0.5, 0.6) is 5.75 Å². The van der Waals surface area contributed by atoms with Gasteiger partial charge in [0.15, 0.2) is 43.5 Å². The van der Waals surface area contributed by atoms with E-state index < -0.39 is 199 Å². The molecule has 5 saturated heterocycles. The van der Waals surface area contributed by atoms with E-state index in [1.165, 1.54) is 5.57 Å². The molecule has 26 heteroatoms. The first-order valence-electron chi connectivity index (χ1n) is 37.1. The average Bonchev–Trinajstić information content (AvgIpc) is 0.677. The van der Waals surface area contributed by atoms with Crippen molar-refractivity contribution in [2.24, 2.45) is 74.4 Å². The van der Waals surface area contributed by atoms with E-state index in [9.17, 15) is 65.8 Å². The van der Waals surface area contributed by atoms with Crippen LogP contribution in [-0.4, -0.2) is 235 Å². The van der Waals surface area contributed by atoms with Crippen LogP contribution < -0.4 is 4.74 Å². The van der Waals surface area contributed by atoms with Gasteiger partial charge in [0.2, 0.25) is 6.29 Å². The van der Waals surface area contributed by atoms with Gasteiger partial charge in [-0.15, -0.1) is 0 Å². The van der Waals surface area contributed by atoms with Crippen molar-refractivity contribution in [1.29, 1.82) is 0 Å². The Morgan fingerprint density at radius 2 is 1.19 bits per heavy atom. The number of methoxy groups -OCH3 is 1. The van der Waals surface area contributed by atoms with Crippen molar-refractivity contribution in [1.82, 2.24) is 0 Å². The number of carbonyl (C=O) groups is 3. The molecule has 11 N–H and O–H groups in total. The predicted octanol–water partition coefficient (Wildman–Crippen LogP) is 5.06. The largest absolute Gasteiger partial charge is 0.497 e. The first-order valence-corrected chi connectivity index (χ1v) is 37.1. The van der Waals surface area contributed by atoms with Gasteiger partial charge < -0.3 is 113 Å². The van der Waals surface area contributed by atoms with Crippen LogP contribution in [0.2, 0.25) is 0 Å². The highest BCUT2D eigenvalue weighted by molar-refractivity contribution is 5.96. The van der Waals surface area contributed by atoms with Gasteiger partial charge in [0.25, 0.3) is 0 Å². The van der Waals surface area contributed by atoms with Gasteiger partial charge in [-0.3, -0.25) is 4.79 Å². The molecule has 0 bridgehead atoms. The second kappa shape index (κ2) is 30.0. The van der Waals surface area contributed by atoms with E-state index in [4.69, 9.17) is 56.8 Å². The summed E-state index contributed by atoms with van der Waals surface area (Å²) in [5.41, 5.74) is 0.307. The maximum Gasteiger partial charge on any atom is 0.335 e. The zero-order chi connectivity index (χ0) is 74.7. The highest BCUT2D eigenvalue weighted by Crippen LogP contribution is 2.75. The molecule has 4 saturated carbocycles. The number of ether oxygens (including phenoxy) is 12. The zero-order valence-corrected chi connectivity index (χ0v) is 62.0. The summed E-state index contributed by atoms with van der Waals surface area (Å²) in [4.78, 5) is 42.5. The topological polar surface area (TPSA) is 385 Å². The van der Waals surface area contributed by atoms with Crippen molar-refractivity contribution in [3.63, 3.8) is 0 Å². The molecule has 26 nitrogen and oxygen atoms in total. The Morgan fingerprint density at radius 3 is 1.82 bits per heavy atom. The third-order valence-corrected chi connectivity index (χ3v) is 27.3. The van der Waals surface area contributed by atoms with Gasteiger partial charge in [-0.2, -0.15) is 0 Å². The normalized spacial score (nSPS) is 48.7. The van der Waals surface area contributed by atoms with Crippen LogP contribution in [0.1, 0.15) is 167 Å². The summed E-state index contributed by atoms with van der Waals surface area (Å²) >= 11 is 0. The molecule has 1 aromatic rings. The van der Waals surface area contributed by atoms with Gasteiger partial charge in [-0.25, -0.2) is 9.59 Å². The Hall–Kier alpha value is -3.85. The van der Waals surface area contributed by atoms with Crippen molar-refractivity contribution in [3.05, 3.63) is 47.1 Å². The summed E-state index contributed by atoms with van der Waals surface area (Å²) in [6.45, 7) is 29.3. The number of carboxylic acid groups (broad SMARTS) is 1. The molecule has 0 spiro atoms. The van der Waals surface area contributed by atoms with Crippen molar-refractivity contribution >= 4 is 23.5 Å². The van der Waals surface area contributed by atoms with Crippen molar-refractivity contribution < 1.29 is 127 Å². The standard InChI is InChI=1S/C76H116O26/c1-17-45-34(4)32(2)36(6)67(94-45)99-61-54(82)51(79)37(7)92-69(61)101-63-58(86)59(97-65(89)35(5)33(3)39-18-20-40(91-16)21-19-39)38(8)93-70(63)102-66(90)42-29-72(9,10)28-41-43-22-23-48-74(13)26-25-49(73(11,12)47(74)24-27-75(48,14)76(43,15)30-44(78)50(41)42)96-71-62(56(84)55(83)60(98-71)64(87)88)100-68-57(85)53(81)52(80)46(31-77)95-68/h18-22,32,34,36-38,41-42,44-63,67-71,77-86H,17,23-31H2,1-16H3,(H,87,88)/b35-33+/t32-,34-,36-,37+,38-,41?,42?,44?,45-,46+,47?,48?,49-,50?,51-,52+,53-,54+,55+,56-,57+,58-,59+,60-,61+,62+,63-,67+,68-,69-,70+,71+,74-,75+,76?/m0/s1. The molecule has 0 radical (unpaired) electrons. The number of aliphatic carboxylic acids is 1. The van der Waals surface area contributed by atoms with Crippen LogP contribution in [0.3, 0.4) is 0 Å². The summed E-state index contributed by atoms with van der Waals surface area (Å²) in [6, 6.07) is 7.16. The maximum absolute atomic E-state index is 15.7. The van der Waals surface area contributed by atoms with Crippen LogP contribution in [0.15, 0.2) is 41.5 Å². The summed E-state index contributed by atoms with van der Waals surface area (Å²) in [5.74, 6) is -4.05. The number of aliphatic hydroxyl groups excluding tert-OH is 10. The molecule has 35 atom stereocenters. The highest BCUT2D eigenvalue weighted by Gasteiger charge is 2.70. The average molecular weight is 1450 g/mol. The number of rotatable bonds is 17. The maximum atomic E-state index is 15.7. The van der Waals surface area contributed by atoms with E-state index in [0.717, 1.165) is 18.4 Å². The number of carbonyl (C=O) groups excluding carboxylic acids is 2. The quantitative estimate of drug-likeness (QED) is 0.0420. The monoisotopic (exact) mass is 1440 g/mol. The van der Waals surface area contributed by atoms with Gasteiger partial charge in [0.05, 0.1) is 50.2 Å². The fourth-order valence-electron chi connectivity index (χ4n) is 20.6. The smallest absolute Gasteiger partial charge is 0.335 e. The Bertz CT molecular complexity index is 3190. The fraction of sp³-hybridized carbons (Fsp3) is 0.829. The molecule has 1 aromatic carbocycles. The van der Waals surface area contributed by atoms with Crippen LogP contribution in [0.25, 0.3) is 5.57 Å². The van der Waals surface area contributed by atoms with Gasteiger partial charge in [0, 0.05) is 17.4 Å². The molecule has 5 aliphatic carbocycles. The second-order valence-corrected chi connectivity index (χ2v) is 33.9. The Labute approximate surface area is 598 Å². The van der Waals surface area contributed by atoms with Crippen molar-refractivity contribution in [2.45, 2.75) is 309 Å². The number of carboxylic acids is 1. The number of aliphatic hydroxyl groups is 10. The number of allylic oxidation sites excluding steroid dienone is 3. The summed E-state index contributed by atoms with van der Waals surface area (Å²) in [7, 11) is 1.56. The van der Waals surface area contributed by atoms with Gasteiger partial charge in [0.1, 0.15) is 72.9 Å². The molecule has 0 amide bonds. The number of esters is 2. The molecule has 9 fully saturated rings. The number of hydrogen-bond donors (Lipinski definition) is 11. The molecular weight excluding hydrogens is 1330 g/mol. The lowest BCUT2D eigenvalue weighted by molar-refractivity contribution is -0.381. The minimum Gasteiger partial charge on any atom is -0.497 e. The first kappa shape index (κ1) is 79.2. The van der Waals surface area contributed by atoms with Gasteiger partial charge in [-0.05, 0) is 165 Å². The Balaban J connectivity index is 0.855. The van der Waals surface area contributed by atoms with Crippen LogP contribution in [0, 0.1) is 74.4 Å². The van der Waals surface area contributed by atoms with E-state index in [1.54, 1.807) is 46.9 Å². The van der Waals surface area contributed by atoms with Crippen LogP contribution in [-0.2, 0) is 66.5 Å². The lowest BCUT2D eigenvalue weighted by Gasteiger charge is -2.71. The second-order valence-electron chi connectivity index (χ2n) is 33.9. The summed E-state index contributed by atoms with van der Waals surface area (Å²) in [5, 5.41) is 124. The molecule has 7 unspecified atom stereocenters. The molecule has 11 rings (SSSR count). The number of fused-ring (bicyclic) bond motifs is 7. The predicted molar refractivity (Wildman–Crippen MR) is 362 cm³/mol. The molecule has 5 aliphatic heterocycles. The molecular formula is C76H116O26.